The molecule has 0 radical (unpaired) electrons. The number of ether oxygens (including phenoxy) is 1. The lowest BCUT2D eigenvalue weighted by Gasteiger charge is -2.06. The first-order valence-electron chi connectivity index (χ1n) is 5.25. The summed E-state index contributed by atoms with van der Waals surface area (Å²) in [6.07, 6.45) is 0. The zero-order valence-electron chi connectivity index (χ0n) is 9.79. The van der Waals surface area contributed by atoms with E-state index in [0.717, 1.165) is 0 Å². The van der Waals surface area contributed by atoms with Gasteiger partial charge in [0.15, 0.2) is 0 Å². The van der Waals surface area contributed by atoms with Gasteiger partial charge in [-0.2, -0.15) is 0 Å². The molecule has 0 atom stereocenters. The van der Waals surface area contributed by atoms with E-state index in [1.165, 1.54) is 30.0 Å². The van der Waals surface area contributed by atoms with Crippen molar-refractivity contribution >= 4 is 23.4 Å². The predicted octanol–water partition coefficient (Wildman–Crippen LogP) is 1.74. The summed E-state index contributed by atoms with van der Waals surface area (Å²) in [6.45, 7) is 1.72. The van der Waals surface area contributed by atoms with Gasteiger partial charge in [-0.3, -0.25) is 14.9 Å². The number of aliphatic hydroxyl groups excluding tert-OH is 1. The van der Waals surface area contributed by atoms with Crippen LogP contribution in [0.5, 0.6) is 0 Å². The van der Waals surface area contributed by atoms with Gasteiger partial charge in [-0.1, -0.05) is 0 Å². The van der Waals surface area contributed by atoms with Crippen molar-refractivity contribution in [1.29, 1.82) is 0 Å². The van der Waals surface area contributed by atoms with Crippen molar-refractivity contribution in [2.24, 2.45) is 0 Å². The van der Waals surface area contributed by atoms with Gasteiger partial charge in [0.05, 0.1) is 23.9 Å². The molecule has 0 bridgehead atoms. The van der Waals surface area contributed by atoms with Crippen LogP contribution in [-0.4, -0.2) is 28.4 Å². The molecule has 1 rings (SSSR count). The van der Waals surface area contributed by atoms with Crippen LogP contribution >= 0.6 is 11.8 Å². The summed E-state index contributed by atoms with van der Waals surface area (Å²) in [5, 5.41) is 19.7. The molecule has 0 aliphatic carbocycles. The van der Waals surface area contributed by atoms with E-state index >= 15 is 0 Å². The Bertz CT molecular complexity index is 449. The predicted molar refractivity (Wildman–Crippen MR) is 66.4 cm³/mol. The van der Waals surface area contributed by atoms with Crippen LogP contribution in [0.25, 0.3) is 0 Å². The maximum Gasteiger partial charge on any atom is 0.316 e. The third-order valence-electron chi connectivity index (χ3n) is 2.08. The number of hydrogen-bond acceptors (Lipinski definition) is 6. The molecule has 0 aliphatic rings. The number of rotatable bonds is 6. The Balaban J connectivity index is 2.76. The summed E-state index contributed by atoms with van der Waals surface area (Å²) < 4.78 is 4.77. The number of carbonyl (C=O) groups is 1. The van der Waals surface area contributed by atoms with E-state index in [1.807, 2.05) is 0 Å². The van der Waals surface area contributed by atoms with Crippen LogP contribution in [0, 0.1) is 10.1 Å². The van der Waals surface area contributed by atoms with Crippen molar-refractivity contribution in [3.05, 3.63) is 33.9 Å². The lowest BCUT2D eigenvalue weighted by atomic mass is 10.2. The van der Waals surface area contributed by atoms with Crippen LogP contribution in [0.2, 0.25) is 0 Å². The maximum atomic E-state index is 11.2. The van der Waals surface area contributed by atoms with Crippen molar-refractivity contribution in [1.82, 2.24) is 0 Å². The van der Waals surface area contributed by atoms with E-state index in [1.54, 1.807) is 6.92 Å². The zero-order valence-corrected chi connectivity index (χ0v) is 10.6. The first-order chi connectivity index (χ1) is 8.58. The highest BCUT2D eigenvalue weighted by Crippen LogP contribution is 2.26. The fourth-order valence-corrected chi connectivity index (χ4v) is 2.11. The molecule has 0 amide bonds. The third-order valence-corrected chi connectivity index (χ3v) is 3.17. The molecule has 0 aromatic heterocycles. The number of aliphatic hydroxyl groups is 1. The Labute approximate surface area is 108 Å². The highest BCUT2D eigenvalue weighted by molar-refractivity contribution is 8.00. The first-order valence-corrected chi connectivity index (χ1v) is 6.23. The summed E-state index contributed by atoms with van der Waals surface area (Å²) in [7, 11) is 0. The lowest BCUT2D eigenvalue weighted by molar-refractivity contribution is -0.385. The van der Waals surface area contributed by atoms with E-state index < -0.39 is 4.92 Å². The van der Waals surface area contributed by atoms with Gasteiger partial charge in [-0.15, -0.1) is 11.8 Å². The molecular formula is C11H13NO5S. The largest absolute Gasteiger partial charge is 0.465 e. The Morgan fingerprint density at radius 1 is 1.56 bits per heavy atom. The smallest absolute Gasteiger partial charge is 0.316 e. The topological polar surface area (TPSA) is 89.7 Å². The van der Waals surface area contributed by atoms with Crippen molar-refractivity contribution < 1.29 is 19.6 Å². The number of nitro groups is 1. The number of esters is 1. The second-order valence-corrected chi connectivity index (χ2v) is 4.32. The van der Waals surface area contributed by atoms with E-state index in [0.29, 0.717) is 17.1 Å². The number of non-ortho nitro benzene ring substituents is 1. The molecule has 6 nitrogen and oxygen atoms in total. The van der Waals surface area contributed by atoms with Gasteiger partial charge in [0.2, 0.25) is 0 Å². The molecule has 1 aromatic rings. The maximum absolute atomic E-state index is 11.2. The number of hydrogen-bond donors (Lipinski definition) is 1. The van der Waals surface area contributed by atoms with Gasteiger partial charge >= 0.3 is 5.97 Å². The van der Waals surface area contributed by atoms with Crippen LogP contribution in [0.3, 0.4) is 0 Å². The van der Waals surface area contributed by atoms with E-state index in [9.17, 15) is 14.9 Å². The van der Waals surface area contributed by atoms with Gasteiger partial charge in [0, 0.05) is 17.0 Å². The average molecular weight is 271 g/mol. The summed E-state index contributed by atoms with van der Waals surface area (Å²) in [5.41, 5.74) is 0.345. The van der Waals surface area contributed by atoms with Crippen molar-refractivity contribution in [2.75, 3.05) is 12.4 Å². The monoisotopic (exact) mass is 271 g/mol. The van der Waals surface area contributed by atoms with Crippen LogP contribution in [-0.2, 0) is 16.1 Å². The minimum atomic E-state index is -0.529. The Hall–Kier alpha value is -1.60. The number of nitrogens with zero attached hydrogens (tertiary/aromatic N) is 1. The minimum Gasteiger partial charge on any atom is -0.465 e. The molecule has 18 heavy (non-hydrogen) atoms. The van der Waals surface area contributed by atoms with Gasteiger partial charge in [0.1, 0.15) is 0 Å². The average Bonchev–Trinajstić information content (AvgIpc) is 2.36. The molecular weight excluding hydrogens is 258 g/mol. The van der Waals surface area contributed by atoms with Gasteiger partial charge in [-0.25, -0.2) is 0 Å². The van der Waals surface area contributed by atoms with Crippen molar-refractivity contribution in [3.63, 3.8) is 0 Å². The minimum absolute atomic E-state index is 0.0838. The second kappa shape index (κ2) is 6.97. The van der Waals surface area contributed by atoms with Crippen molar-refractivity contribution in [3.8, 4) is 0 Å². The number of nitro benzene ring substituents is 1. The molecule has 98 valence electrons. The molecule has 0 saturated carbocycles. The summed E-state index contributed by atoms with van der Waals surface area (Å²) in [4.78, 5) is 21.9. The lowest BCUT2D eigenvalue weighted by Crippen LogP contribution is -2.06. The summed E-state index contributed by atoms with van der Waals surface area (Å²) in [5.74, 6) is -0.247. The molecule has 0 fully saturated rings. The number of carbonyl (C=O) groups excluding carboxylic acids is 1. The molecule has 0 aliphatic heterocycles. The molecule has 0 spiro atoms. The number of thioether (sulfide) groups is 1. The highest BCUT2D eigenvalue weighted by Gasteiger charge is 2.12. The van der Waals surface area contributed by atoms with E-state index in [-0.39, 0.29) is 24.0 Å². The molecule has 7 heteroatoms. The van der Waals surface area contributed by atoms with Gasteiger partial charge < -0.3 is 9.84 Å². The Morgan fingerprint density at radius 2 is 2.28 bits per heavy atom. The molecule has 0 unspecified atom stereocenters. The van der Waals surface area contributed by atoms with Crippen molar-refractivity contribution in [2.45, 2.75) is 18.4 Å². The molecule has 0 heterocycles. The fourth-order valence-electron chi connectivity index (χ4n) is 1.28. The van der Waals surface area contributed by atoms with Crippen LogP contribution in [0.4, 0.5) is 5.69 Å². The number of benzene rings is 1. The van der Waals surface area contributed by atoms with Crippen LogP contribution in [0.1, 0.15) is 12.5 Å². The second-order valence-electron chi connectivity index (χ2n) is 3.30. The van der Waals surface area contributed by atoms with Crippen LogP contribution < -0.4 is 0 Å². The van der Waals surface area contributed by atoms with Gasteiger partial charge in [-0.05, 0) is 18.6 Å². The summed E-state index contributed by atoms with van der Waals surface area (Å²) in [6, 6.07) is 4.16. The zero-order chi connectivity index (χ0) is 13.5. The third kappa shape index (κ3) is 4.01. The first kappa shape index (κ1) is 14.5. The fraction of sp³-hybridized carbons (Fsp3) is 0.364. The standard InChI is InChI=1S/C11H13NO5S/c1-2-17-11(14)7-18-10-4-3-9(12(15)16)5-8(10)6-13/h3-5,13H,2,6-7H2,1H3. The van der Waals surface area contributed by atoms with E-state index in [4.69, 9.17) is 9.84 Å². The van der Waals surface area contributed by atoms with E-state index in [2.05, 4.69) is 0 Å². The quantitative estimate of drug-likeness (QED) is 0.367. The Morgan fingerprint density at radius 3 is 2.83 bits per heavy atom. The molecule has 1 N–H and O–H groups in total. The highest BCUT2D eigenvalue weighted by atomic mass is 32.2. The normalized spacial score (nSPS) is 10.1. The Kier molecular flexibility index (Phi) is 5.60. The molecule has 0 saturated heterocycles. The molecule has 1 aromatic carbocycles. The van der Waals surface area contributed by atoms with Crippen LogP contribution in [0.15, 0.2) is 23.1 Å². The summed E-state index contributed by atoms with van der Waals surface area (Å²) >= 11 is 1.18. The SMILES string of the molecule is CCOC(=O)CSc1ccc([N+](=O)[O-])cc1CO. The van der Waals surface area contributed by atoms with Gasteiger partial charge in [0.25, 0.3) is 5.69 Å².